The van der Waals surface area contributed by atoms with Crippen LogP contribution in [0.4, 0.5) is 0 Å². The van der Waals surface area contributed by atoms with Gasteiger partial charge in [-0.1, -0.05) is 26.0 Å². The van der Waals surface area contributed by atoms with Crippen molar-refractivity contribution in [1.29, 1.82) is 0 Å². The van der Waals surface area contributed by atoms with Gasteiger partial charge in [0.05, 0.1) is 7.11 Å². The van der Waals surface area contributed by atoms with Crippen molar-refractivity contribution in [1.82, 2.24) is 10.3 Å². The molecule has 2 aromatic rings. The molecule has 128 valence electrons. The molecule has 24 heavy (non-hydrogen) atoms. The third kappa shape index (κ3) is 4.18. The molecule has 0 fully saturated rings. The number of benzene rings is 1. The van der Waals surface area contributed by atoms with Gasteiger partial charge in [0.25, 0.3) is 0 Å². The van der Waals surface area contributed by atoms with Gasteiger partial charge < -0.3 is 14.5 Å². The number of amides is 1. The Labute approximate surface area is 139 Å². The zero-order valence-electron chi connectivity index (χ0n) is 13.9. The van der Waals surface area contributed by atoms with Crippen LogP contribution in [0.3, 0.4) is 0 Å². The molecule has 2 rings (SSSR count). The number of para-hydroxylation sites is 2. The predicted molar refractivity (Wildman–Crippen MR) is 87.4 cm³/mol. The van der Waals surface area contributed by atoms with Crippen LogP contribution >= 0.6 is 0 Å². The Kier molecular flexibility index (Phi) is 5.68. The van der Waals surface area contributed by atoms with Crippen molar-refractivity contribution in [2.24, 2.45) is 5.92 Å². The molecule has 0 bridgehead atoms. The quantitative estimate of drug-likeness (QED) is 0.804. The Morgan fingerprint density at radius 2 is 2.00 bits per heavy atom. The lowest BCUT2D eigenvalue weighted by Crippen LogP contribution is -2.45. The summed E-state index contributed by atoms with van der Waals surface area (Å²) in [4.78, 5) is 39.8. The number of aromatic nitrogens is 1. The topological polar surface area (TPSA) is 98.5 Å². The minimum absolute atomic E-state index is 0.0241. The summed E-state index contributed by atoms with van der Waals surface area (Å²) in [5.41, 5.74) is 0.585. The summed E-state index contributed by atoms with van der Waals surface area (Å²) >= 11 is 0. The molecular formula is C17H20N2O5. The summed E-state index contributed by atoms with van der Waals surface area (Å²) in [5, 5.41) is 2.62. The van der Waals surface area contributed by atoms with Crippen molar-refractivity contribution in [3.8, 4) is 0 Å². The third-order valence-corrected chi connectivity index (χ3v) is 3.59. The van der Waals surface area contributed by atoms with Gasteiger partial charge in [-0.25, -0.2) is 14.6 Å². The molecule has 0 spiro atoms. The molecule has 1 aromatic carbocycles. The molecule has 1 unspecified atom stereocenters. The van der Waals surface area contributed by atoms with Crippen molar-refractivity contribution in [3.05, 3.63) is 40.4 Å². The number of ether oxygens (including phenoxy) is 1. The SMILES string of the molecule is COC(=O)C(NC(=O)CCc1nc2ccccc2oc1=O)C(C)C. The molecule has 0 aliphatic rings. The van der Waals surface area contributed by atoms with Gasteiger partial charge in [-0.15, -0.1) is 0 Å². The van der Waals surface area contributed by atoms with Crippen LogP contribution < -0.4 is 10.9 Å². The molecule has 1 aromatic heterocycles. The van der Waals surface area contributed by atoms with E-state index >= 15 is 0 Å². The number of methoxy groups -OCH3 is 1. The number of hydrogen-bond acceptors (Lipinski definition) is 6. The molecule has 0 saturated carbocycles. The number of rotatable bonds is 6. The second-order valence-electron chi connectivity index (χ2n) is 5.73. The maximum absolute atomic E-state index is 12.0. The number of esters is 1. The summed E-state index contributed by atoms with van der Waals surface area (Å²) in [6.45, 7) is 3.61. The first-order valence-corrected chi connectivity index (χ1v) is 7.68. The standard InChI is InChI=1S/C17H20N2O5/c1-10(2)15(17(22)23-3)19-14(20)9-8-12-16(21)24-13-7-5-4-6-11(13)18-12/h4-7,10,15H,8-9H2,1-3H3,(H,19,20). The lowest BCUT2D eigenvalue weighted by molar-refractivity contribution is -0.146. The summed E-state index contributed by atoms with van der Waals surface area (Å²) < 4.78 is 9.85. The number of hydrogen-bond donors (Lipinski definition) is 1. The lowest BCUT2D eigenvalue weighted by atomic mass is 10.0. The van der Waals surface area contributed by atoms with Gasteiger partial charge in [0.1, 0.15) is 17.3 Å². The van der Waals surface area contributed by atoms with E-state index < -0.39 is 17.6 Å². The van der Waals surface area contributed by atoms with Crippen molar-refractivity contribution < 1.29 is 18.7 Å². The monoisotopic (exact) mass is 332 g/mol. The fourth-order valence-corrected chi connectivity index (χ4v) is 2.25. The third-order valence-electron chi connectivity index (χ3n) is 3.59. The Hall–Kier alpha value is -2.70. The van der Waals surface area contributed by atoms with Crippen LogP contribution in [-0.2, 0) is 20.7 Å². The van der Waals surface area contributed by atoms with Crippen molar-refractivity contribution >= 4 is 23.0 Å². The molecule has 1 atom stereocenters. The van der Waals surface area contributed by atoms with E-state index in [-0.39, 0.29) is 30.4 Å². The second-order valence-corrected chi connectivity index (χ2v) is 5.73. The highest BCUT2D eigenvalue weighted by atomic mass is 16.5. The van der Waals surface area contributed by atoms with Gasteiger partial charge in [0.15, 0.2) is 5.58 Å². The Morgan fingerprint density at radius 1 is 1.29 bits per heavy atom. The number of aryl methyl sites for hydroxylation is 1. The molecule has 7 heteroatoms. The van der Waals surface area contributed by atoms with Gasteiger partial charge in [-0.05, 0) is 18.1 Å². The smallest absolute Gasteiger partial charge is 0.358 e. The normalized spacial score (nSPS) is 12.2. The fourth-order valence-electron chi connectivity index (χ4n) is 2.25. The van der Waals surface area contributed by atoms with Gasteiger partial charge in [0.2, 0.25) is 5.91 Å². The molecule has 1 heterocycles. The van der Waals surface area contributed by atoms with E-state index in [2.05, 4.69) is 15.0 Å². The zero-order chi connectivity index (χ0) is 17.7. The van der Waals surface area contributed by atoms with Crippen molar-refractivity contribution in [3.63, 3.8) is 0 Å². The molecule has 0 radical (unpaired) electrons. The van der Waals surface area contributed by atoms with Crippen molar-refractivity contribution in [2.45, 2.75) is 32.7 Å². The maximum atomic E-state index is 12.0. The highest BCUT2D eigenvalue weighted by molar-refractivity contribution is 5.84. The van der Waals surface area contributed by atoms with E-state index in [9.17, 15) is 14.4 Å². The lowest BCUT2D eigenvalue weighted by Gasteiger charge is -2.19. The molecular weight excluding hydrogens is 312 g/mol. The summed E-state index contributed by atoms with van der Waals surface area (Å²) in [5.74, 6) is -0.958. The maximum Gasteiger partial charge on any atom is 0.358 e. The largest absolute Gasteiger partial charge is 0.467 e. The first kappa shape index (κ1) is 17.7. The first-order valence-electron chi connectivity index (χ1n) is 7.68. The predicted octanol–water partition coefficient (Wildman–Crippen LogP) is 1.43. The van der Waals surface area contributed by atoms with Crippen LogP contribution in [-0.4, -0.2) is 30.0 Å². The molecule has 0 aliphatic carbocycles. The van der Waals surface area contributed by atoms with Crippen molar-refractivity contribution in [2.75, 3.05) is 7.11 Å². The van der Waals surface area contributed by atoms with Crippen LogP contribution in [0.5, 0.6) is 0 Å². The highest BCUT2D eigenvalue weighted by Crippen LogP contribution is 2.10. The van der Waals surface area contributed by atoms with E-state index in [4.69, 9.17) is 4.42 Å². The number of nitrogens with zero attached hydrogens (tertiary/aromatic N) is 1. The molecule has 1 amide bonds. The van der Waals surface area contributed by atoms with Crippen LogP contribution in [0.25, 0.3) is 11.1 Å². The van der Waals surface area contributed by atoms with E-state index in [0.717, 1.165) is 0 Å². The van der Waals surface area contributed by atoms with E-state index in [1.54, 1.807) is 38.1 Å². The Morgan fingerprint density at radius 3 is 2.67 bits per heavy atom. The average Bonchev–Trinajstić information content (AvgIpc) is 2.56. The summed E-state index contributed by atoms with van der Waals surface area (Å²) in [6.07, 6.45) is 0.154. The van der Waals surface area contributed by atoms with Gasteiger partial charge >= 0.3 is 11.6 Å². The first-order chi connectivity index (χ1) is 11.4. The molecule has 1 N–H and O–H groups in total. The van der Waals surface area contributed by atoms with Gasteiger partial charge in [0, 0.05) is 12.8 Å². The number of nitrogens with one attached hydrogen (secondary N) is 1. The van der Waals surface area contributed by atoms with Crippen LogP contribution in [0.1, 0.15) is 26.0 Å². The Bertz CT molecular complexity index is 797. The minimum Gasteiger partial charge on any atom is -0.467 e. The average molecular weight is 332 g/mol. The van der Waals surface area contributed by atoms with Gasteiger partial charge in [-0.2, -0.15) is 0 Å². The fraction of sp³-hybridized carbons (Fsp3) is 0.412. The minimum atomic E-state index is -0.719. The van der Waals surface area contributed by atoms with Crippen LogP contribution in [0, 0.1) is 5.92 Å². The van der Waals surface area contributed by atoms with E-state index in [0.29, 0.717) is 11.1 Å². The summed E-state index contributed by atoms with van der Waals surface area (Å²) in [7, 11) is 1.27. The molecule has 0 aliphatic heterocycles. The Balaban J connectivity index is 2.05. The van der Waals surface area contributed by atoms with E-state index in [1.165, 1.54) is 7.11 Å². The number of carbonyl (C=O) groups excluding carboxylic acids is 2. The second kappa shape index (κ2) is 7.72. The molecule has 0 saturated heterocycles. The highest BCUT2D eigenvalue weighted by Gasteiger charge is 2.24. The van der Waals surface area contributed by atoms with E-state index in [1.807, 2.05) is 0 Å². The summed E-state index contributed by atoms with van der Waals surface area (Å²) in [6, 6.07) is 6.20. The van der Waals surface area contributed by atoms with Crippen LogP contribution in [0.2, 0.25) is 0 Å². The molecule has 7 nitrogen and oxygen atoms in total. The zero-order valence-corrected chi connectivity index (χ0v) is 13.9. The van der Waals surface area contributed by atoms with Crippen LogP contribution in [0.15, 0.2) is 33.5 Å². The number of carbonyl (C=O) groups is 2. The van der Waals surface area contributed by atoms with Gasteiger partial charge in [-0.3, -0.25) is 4.79 Å². The number of fused-ring (bicyclic) bond motifs is 1.